The number of ether oxygens (including phenoxy) is 1. The lowest BCUT2D eigenvalue weighted by molar-refractivity contribution is -0.0846. The smallest absolute Gasteiger partial charge is 0.254 e. The number of halogens is 1. The zero-order chi connectivity index (χ0) is 17.3. The minimum Gasteiger partial charge on any atom is -0.369 e. The van der Waals surface area contributed by atoms with Crippen LogP contribution in [0.5, 0.6) is 0 Å². The van der Waals surface area contributed by atoms with E-state index in [4.69, 9.17) is 4.74 Å². The summed E-state index contributed by atoms with van der Waals surface area (Å²) >= 11 is 0. The third kappa shape index (κ3) is 3.34. The van der Waals surface area contributed by atoms with Crippen LogP contribution >= 0.6 is 0 Å². The minimum atomic E-state index is -0.410. The van der Waals surface area contributed by atoms with Crippen LogP contribution in [0.1, 0.15) is 41.4 Å². The van der Waals surface area contributed by atoms with Gasteiger partial charge in [0.2, 0.25) is 0 Å². The topological polar surface area (TPSA) is 29.5 Å². The number of hydrogen-bond acceptors (Lipinski definition) is 2. The van der Waals surface area contributed by atoms with E-state index in [1.165, 1.54) is 29.8 Å². The highest BCUT2D eigenvalue weighted by atomic mass is 19.1. The van der Waals surface area contributed by atoms with Crippen molar-refractivity contribution in [1.29, 1.82) is 0 Å². The van der Waals surface area contributed by atoms with Crippen molar-refractivity contribution in [2.45, 2.75) is 32.4 Å². The van der Waals surface area contributed by atoms with Crippen molar-refractivity contribution in [2.75, 3.05) is 13.2 Å². The van der Waals surface area contributed by atoms with Gasteiger partial charge in [0.1, 0.15) is 11.9 Å². The Morgan fingerprint density at radius 3 is 2.38 bits per heavy atom. The summed E-state index contributed by atoms with van der Waals surface area (Å²) in [6, 6.07) is 13.9. The van der Waals surface area contributed by atoms with Crippen molar-refractivity contribution in [2.24, 2.45) is 0 Å². The monoisotopic (exact) mass is 327 g/mol. The number of morpholine rings is 1. The molecule has 3 nitrogen and oxygen atoms in total. The number of hydrogen-bond donors (Lipinski definition) is 0. The molecule has 1 heterocycles. The van der Waals surface area contributed by atoms with E-state index in [0.29, 0.717) is 18.7 Å². The number of carbonyl (C=O) groups is 1. The fraction of sp³-hybridized carbons (Fsp3) is 0.350. The van der Waals surface area contributed by atoms with Crippen LogP contribution in [0.4, 0.5) is 4.39 Å². The lowest BCUT2D eigenvalue weighted by atomic mass is 9.96. The summed E-state index contributed by atoms with van der Waals surface area (Å²) in [5.74, 6) is -0.439. The summed E-state index contributed by atoms with van der Waals surface area (Å²) in [6.45, 7) is 6.95. The summed E-state index contributed by atoms with van der Waals surface area (Å²) in [7, 11) is 0. The largest absolute Gasteiger partial charge is 0.369 e. The van der Waals surface area contributed by atoms with Gasteiger partial charge in [-0.2, -0.15) is 0 Å². The molecule has 24 heavy (non-hydrogen) atoms. The van der Waals surface area contributed by atoms with Gasteiger partial charge in [0.15, 0.2) is 0 Å². The fourth-order valence-corrected chi connectivity index (χ4v) is 2.94. The van der Waals surface area contributed by atoms with Gasteiger partial charge in [0.05, 0.1) is 18.7 Å². The van der Waals surface area contributed by atoms with Crippen LogP contribution in [-0.2, 0) is 4.74 Å². The molecule has 0 bridgehead atoms. The van der Waals surface area contributed by atoms with Crippen LogP contribution in [0.25, 0.3) is 0 Å². The van der Waals surface area contributed by atoms with Crippen molar-refractivity contribution < 1.29 is 13.9 Å². The van der Waals surface area contributed by atoms with Gasteiger partial charge in [0.25, 0.3) is 5.91 Å². The van der Waals surface area contributed by atoms with E-state index in [9.17, 15) is 9.18 Å². The predicted molar refractivity (Wildman–Crippen MR) is 91.4 cm³/mol. The predicted octanol–water partition coefficient (Wildman–Crippen LogP) is 4.13. The molecule has 1 aliphatic heterocycles. The first-order chi connectivity index (χ1) is 11.4. The molecule has 1 saturated heterocycles. The van der Waals surface area contributed by atoms with E-state index in [-0.39, 0.29) is 17.8 Å². The molecule has 0 saturated carbocycles. The Balaban J connectivity index is 1.85. The fourth-order valence-electron chi connectivity index (χ4n) is 2.94. The maximum absolute atomic E-state index is 13.1. The Hall–Kier alpha value is -2.20. The van der Waals surface area contributed by atoms with Gasteiger partial charge >= 0.3 is 0 Å². The Bertz CT molecular complexity index is 722. The van der Waals surface area contributed by atoms with Crippen LogP contribution in [0.3, 0.4) is 0 Å². The Labute approximate surface area is 142 Å². The van der Waals surface area contributed by atoms with Gasteiger partial charge in [0, 0.05) is 5.56 Å². The molecule has 1 aliphatic rings. The number of amides is 1. The molecule has 126 valence electrons. The van der Waals surface area contributed by atoms with Crippen LogP contribution in [0, 0.1) is 12.7 Å². The Kier molecular flexibility index (Phi) is 4.41. The highest BCUT2D eigenvalue weighted by Crippen LogP contribution is 2.31. The van der Waals surface area contributed by atoms with Crippen LogP contribution in [-0.4, -0.2) is 29.5 Å². The standard InChI is InChI=1S/C20H22FNO2/c1-14-4-6-15(7-5-14)18-12-22(20(2,3)13-24-18)19(23)16-8-10-17(21)11-9-16/h4-11,18H,12-13H2,1-3H3. The SMILES string of the molecule is Cc1ccc(C2CN(C(=O)c3ccc(F)cc3)C(C)(C)CO2)cc1. The van der Waals surface area contributed by atoms with E-state index in [1.807, 2.05) is 49.9 Å². The van der Waals surface area contributed by atoms with Gasteiger partial charge in [-0.15, -0.1) is 0 Å². The van der Waals surface area contributed by atoms with Crippen molar-refractivity contribution in [1.82, 2.24) is 4.90 Å². The number of benzene rings is 2. The second-order valence-corrected chi connectivity index (χ2v) is 6.95. The molecule has 0 aliphatic carbocycles. The van der Waals surface area contributed by atoms with Crippen molar-refractivity contribution in [3.63, 3.8) is 0 Å². The molecule has 0 N–H and O–H groups in total. The average molecular weight is 327 g/mol. The van der Waals surface area contributed by atoms with Gasteiger partial charge in [-0.25, -0.2) is 4.39 Å². The van der Waals surface area contributed by atoms with Crippen molar-refractivity contribution in [3.8, 4) is 0 Å². The molecule has 1 amide bonds. The van der Waals surface area contributed by atoms with Crippen LogP contribution in [0.15, 0.2) is 48.5 Å². The molecule has 3 rings (SSSR count). The molecule has 4 heteroatoms. The first kappa shape index (κ1) is 16.7. The summed E-state index contributed by atoms with van der Waals surface area (Å²) in [5, 5.41) is 0. The molecule has 0 aromatic heterocycles. The molecule has 1 atom stereocenters. The normalized spacial score (nSPS) is 20.0. The molecule has 2 aromatic carbocycles. The first-order valence-corrected chi connectivity index (χ1v) is 8.12. The number of carbonyl (C=O) groups excluding carboxylic acids is 1. The van der Waals surface area contributed by atoms with E-state index in [0.717, 1.165) is 5.56 Å². The van der Waals surface area contributed by atoms with E-state index in [1.54, 1.807) is 0 Å². The highest BCUT2D eigenvalue weighted by molar-refractivity contribution is 5.94. The molecule has 0 radical (unpaired) electrons. The lowest BCUT2D eigenvalue weighted by Crippen LogP contribution is -2.56. The van der Waals surface area contributed by atoms with E-state index >= 15 is 0 Å². The summed E-state index contributed by atoms with van der Waals surface area (Å²) in [6.07, 6.45) is -0.150. The molecule has 1 fully saturated rings. The van der Waals surface area contributed by atoms with E-state index in [2.05, 4.69) is 0 Å². The second-order valence-electron chi connectivity index (χ2n) is 6.95. The number of nitrogens with zero attached hydrogens (tertiary/aromatic N) is 1. The molecular weight excluding hydrogens is 305 g/mol. The molecule has 2 aromatic rings. The van der Waals surface area contributed by atoms with Crippen molar-refractivity contribution >= 4 is 5.91 Å². The lowest BCUT2D eigenvalue weighted by Gasteiger charge is -2.45. The molecular formula is C20H22FNO2. The second kappa shape index (κ2) is 6.36. The van der Waals surface area contributed by atoms with E-state index < -0.39 is 5.54 Å². The van der Waals surface area contributed by atoms with Gasteiger partial charge in [-0.1, -0.05) is 29.8 Å². The Morgan fingerprint density at radius 2 is 1.75 bits per heavy atom. The summed E-state index contributed by atoms with van der Waals surface area (Å²) < 4.78 is 19.1. The highest BCUT2D eigenvalue weighted by Gasteiger charge is 2.38. The number of aryl methyl sites for hydroxylation is 1. The maximum Gasteiger partial charge on any atom is 0.254 e. The first-order valence-electron chi connectivity index (χ1n) is 8.12. The van der Waals surface area contributed by atoms with Gasteiger partial charge < -0.3 is 9.64 Å². The van der Waals surface area contributed by atoms with Gasteiger partial charge in [-0.3, -0.25) is 4.79 Å². The maximum atomic E-state index is 13.1. The van der Waals surface area contributed by atoms with Crippen LogP contribution < -0.4 is 0 Å². The minimum absolute atomic E-state index is 0.0968. The zero-order valence-electron chi connectivity index (χ0n) is 14.3. The van der Waals surface area contributed by atoms with Crippen LogP contribution in [0.2, 0.25) is 0 Å². The summed E-state index contributed by atoms with van der Waals surface area (Å²) in [4.78, 5) is 14.7. The third-order valence-electron chi connectivity index (χ3n) is 4.50. The van der Waals surface area contributed by atoms with Crippen molar-refractivity contribution in [3.05, 3.63) is 71.0 Å². The van der Waals surface area contributed by atoms with Gasteiger partial charge in [-0.05, 0) is 50.6 Å². The Morgan fingerprint density at radius 1 is 1.12 bits per heavy atom. The third-order valence-corrected chi connectivity index (χ3v) is 4.50. The summed E-state index contributed by atoms with van der Waals surface area (Å²) in [5.41, 5.74) is 2.34. The number of rotatable bonds is 2. The molecule has 1 unspecified atom stereocenters. The molecule has 0 spiro atoms. The average Bonchev–Trinajstić information content (AvgIpc) is 2.56. The zero-order valence-corrected chi connectivity index (χ0v) is 14.3. The quantitative estimate of drug-likeness (QED) is 0.830.